The molecule has 4 nitrogen and oxygen atoms in total. The zero-order chi connectivity index (χ0) is 13.5. The minimum absolute atomic E-state index is 0.322. The lowest BCUT2D eigenvalue weighted by Gasteiger charge is -2.21. The number of carbonyl (C=O) groups excluding carboxylic acids is 1. The van der Waals surface area contributed by atoms with Crippen molar-refractivity contribution in [2.75, 3.05) is 11.9 Å². The molecule has 2 rings (SSSR count). The average molecular weight is 282 g/mol. The van der Waals surface area contributed by atoms with Crippen LogP contribution in [0.1, 0.15) is 62.4 Å². The Balaban J connectivity index is 1.97. The van der Waals surface area contributed by atoms with E-state index in [-0.39, 0.29) is 5.97 Å². The maximum Gasteiger partial charge on any atom is 0.360 e. The Morgan fingerprint density at radius 1 is 1.37 bits per heavy atom. The van der Waals surface area contributed by atoms with Crippen LogP contribution in [0.5, 0.6) is 0 Å². The summed E-state index contributed by atoms with van der Waals surface area (Å²) in [4.78, 5) is 15.9. The number of nitrogens with one attached hydrogen (secondary N) is 1. The Bertz CT molecular complexity index is 398. The monoisotopic (exact) mass is 282 g/mol. The van der Waals surface area contributed by atoms with Crippen LogP contribution in [0, 0.1) is 0 Å². The van der Waals surface area contributed by atoms with Crippen molar-refractivity contribution in [3.8, 4) is 0 Å². The van der Waals surface area contributed by atoms with Crippen LogP contribution in [0.2, 0.25) is 0 Å². The summed E-state index contributed by atoms with van der Waals surface area (Å²) in [6.45, 7) is 2.20. The van der Waals surface area contributed by atoms with Gasteiger partial charge in [0.25, 0.3) is 0 Å². The molecule has 106 valence electrons. The molecule has 19 heavy (non-hydrogen) atoms. The minimum atomic E-state index is -0.322. The molecule has 1 fully saturated rings. The van der Waals surface area contributed by atoms with E-state index in [0.29, 0.717) is 18.3 Å². The second kappa shape index (κ2) is 7.48. The van der Waals surface area contributed by atoms with Gasteiger partial charge in [-0.05, 0) is 19.8 Å². The van der Waals surface area contributed by atoms with Crippen molar-refractivity contribution >= 4 is 22.3 Å². The average Bonchev–Trinajstić information content (AvgIpc) is 2.81. The number of carbonyl (C=O) groups is 1. The highest BCUT2D eigenvalue weighted by molar-refractivity contribution is 7.14. The predicted molar refractivity (Wildman–Crippen MR) is 77.8 cm³/mol. The van der Waals surface area contributed by atoms with Gasteiger partial charge in [-0.1, -0.05) is 32.1 Å². The standard InChI is InChI=1S/C14H22N2O2S/c1-2-18-14(17)12-13(19-10-15-12)16-11-8-6-4-3-5-7-9-11/h10-11,16H,2-9H2,1H3. The van der Waals surface area contributed by atoms with E-state index in [2.05, 4.69) is 10.3 Å². The van der Waals surface area contributed by atoms with Crippen molar-refractivity contribution in [1.82, 2.24) is 4.98 Å². The number of esters is 1. The number of hydrogen-bond acceptors (Lipinski definition) is 5. The third-order valence-corrected chi connectivity index (χ3v) is 4.23. The second-order valence-electron chi connectivity index (χ2n) is 4.94. The van der Waals surface area contributed by atoms with E-state index in [0.717, 1.165) is 5.00 Å². The van der Waals surface area contributed by atoms with E-state index < -0.39 is 0 Å². The number of hydrogen-bond donors (Lipinski definition) is 1. The predicted octanol–water partition coefficient (Wildman–Crippen LogP) is 3.84. The highest BCUT2D eigenvalue weighted by Gasteiger charge is 2.19. The van der Waals surface area contributed by atoms with Crippen molar-refractivity contribution in [1.29, 1.82) is 0 Å². The molecule has 1 aromatic rings. The summed E-state index contributed by atoms with van der Waals surface area (Å²) in [7, 11) is 0. The number of rotatable bonds is 4. The number of thiazole rings is 1. The van der Waals surface area contributed by atoms with Gasteiger partial charge in [0.15, 0.2) is 5.69 Å². The first-order valence-electron chi connectivity index (χ1n) is 7.18. The van der Waals surface area contributed by atoms with E-state index in [4.69, 9.17) is 4.74 Å². The largest absolute Gasteiger partial charge is 0.461 e. The molecule has 0 atom stereocenters. The molecular weight excluding hydrogens is 260 g/mol. The molecule has 0 bridgehead atoms. The SMILES string of the molecule is CCOC(=O)c1ncsc1NC1CCCCCCC1. The first-order valence-corrected chi connectivity index (χ1v) is 8.06. The first-order chi connectivity index (χ1) is 9.31. The fourth-order valence-electron chi connectivity index (χ4n) is 2.48. The summed E-state index contributed by atoms with van der Waals surface area (Å²) in [5.74, 6) is -0.322. The second-order valence-corrected chi connectivity index (χ2v) is 5.79. The fraction of sp³-hybridized carbons (Fsp3) is 0.714. The summed E-state index contributed by atoms with van der Waals surface area (Å²) in [6.07, 6.45) is 8.91. The number of nitrogens with zero attached hydrogens (tertiary/aromatic N) is 1. The lowest BCUT2D eigenvalue weighted by Crippen LogP contribution is -2.21. The summed E-state index contributed by atoms with van der Waals surface area (Å²) in [6, 6.07) is 0.467. The van der Waals surface area contributed by atoms with Gasteiger partial charge in [0.05, 0.1) is 12.1 Å². The molecule has 1 aliphatic carbocycles. The van der Waals surface area contributed by atoms with Crippen LogP contribution in [-0.2, 0) is 4.74 Å². The van der Waals surface area contributed by atoms with Gasteiger partial charge in [-0.3, -0.25) is 0 Å². The molecule has 0 radical (unpaired) electrons. The van der Waals surface area contributed by atoms with Gasteiger partial charge in [0.2, 0.25) is 0 Å². The van der Waals surface area contributed by atoms with Crippen LogP contribution in [0.15, 0.2) is 5.51 Å². The highest BCUT2D eigenvalue weighted by atomic mass is 32.1. The van der Waals surface area contributed by atoms with Crippen molar-refractivity contribution in [2.24, 2.45) is 0 Å². The Labute approximate surface area is 118 Å². The van der Waals surface area contributed by atoms with E-state index >= 15 is 0 Å². The summed E-state index contributed by atoms with van der Waals surface area (Å²) >= 11 is 1.49. The summed E-state index contributed by atoms with van der Waals surface area (Å²) in [5.41, 5.74) is 2.14. The van der Waals surface area contributed by atoms with Crippen molar-refractivity contribution < 1.29 is 9.53 Å². The Morgan fingerprint density at radius 3 is 2.74 bits per heavy atom. The molecule has 0 unspecified atom stereocenters. The molecule has 1 N–H and O–H groups in total. The third kappa shape index (κ3) is 4.20. The smallest absolute Gasteiger partial charge is 0.360 e. The number of anilines is 1. The molecule has 5 heteroatoms. The molecule has 1 heterocycles. The van der Waals surface area contributed by atoms with Crippen molar-refractivity contribution in [2.45, 2.75) is 57.9 Å². The van der Waals surface area contributed by atoms with E-state index in [1.807, 2.05) is 6.92 Å². The first kappa shape index (κ1) is 14.3. The van der Waals surface area contributed by atoms with Crippen LogP contribution in [0.25, 0.3) is 0 Å². The lowest BCUT2D eigenvalue weighted by molar-refractivity contribution is 0.0521. The highest BCUT2D eigenvalue weighted by Crippen LogP contribution is 2.26. The lowest BCUT2D eigenvalue weighted by atomic mass is 9.97. The van der Waals surface area contributed by atoms with Gasteiger partial charge in [0, 0.05) is 6.04 Å². The molecule has 1 aromatic heterocycles. The van der Waals surface area contributed by atoms with Crippen molar-refractivity contribution in [3.05, 3.63) is 11.2 Å². The van der Waals surface area contributed by atoms with E-state index in [1.54, 1.807) is 5.51 Å². The van der Waals surface area contributed by atoms with Crippen molar-refractivity contribution in [3.63, 3.8) is 0 Å². The topological polar surface area (TPSA) is 51.2 Å². The Morgan fingerprint density at radius 2 is 2.05 bits per heavy atom. The molecule has 0 spiro atoms. The molecule has 0 aromatic carbocycles. The zero-order valence-electron chi connectivity index (χ0n) is 11.5. The van der Waals surface area contributed by atoms with E-state index in [1.165, 1.54) is 56.3 Å². The number of ether oxygens (including phenoxy) is 1. The van der Waals surface area contributed by atoms with Gasteiger partial charge in [-0.25, -0.2) is 9.78 Å². The molecule has 0 aliphatic heterocycles. The summed E-state index contributed by atoms with van der Waals surface area (Å²) < 4.78 is 5.03. The van der Waals surface area contributed by atoms with Gasteiger partial charge in [0.1, 0.15) is 5.00 Å². The fourth-order valence-corrected chi connectivity index (χ4v) is 3.23. The number of aromatic nitrogens is 1. The minimum Gasteiger partial charge on any atom is -0.461 e. The summed E-state index contributed by atoms with van der Waals surface area (Å²) in [5, 5.41) is 4.36. The van der Waals surface area contributed by atoms with Gasteiger partial charge in [-0.15, -0.1) is 11.3 Å². The van der Waals surface area contributed by atoms with Crippen LogP contribution in [0.3, 0.4) is 0 Å². The molecular formula is C14H22N2O2S. The normalized spacial score (nSPS) is 17.5. The van der Waals surface area contributed by atoms with Crippen LogP contribution in [-0.4, -0.2) is 23.6 Å². The molecule has 0 amide bonds. The maximum absolute atomic E-state index is 11.8. The van der Waals surface area contributed by atoms with Gasteiger partial charge >= 0.3 is 5.97 Å². The molecule has 1 saturated carbocycles. The quantitative estimate of drug-likeness (QED) is 0.852. The maximum atomic E-state index is 11.8. The third-order valence-electron chi connectivity index (χ3n) is 3.48. The Kier molecular flexibility index (Phi) is 5.63. The van der Waals surface area contributed by atoms with E-state index in [9.17, 15) is 4.79 Å². The molecule has 1 aliphatic rings. The Hall–Kier alpha value is -1.10. The zero-order valence-corrected chi connectivity index (χ0v) is 12.3. The van der Waals surface area contributed by atoms with Gasteiger partial charge < -0.3 is 10.1 Å². The van der Waals surface area contributed by atoms with Crippen LogP contribution in [0.4, 0.5) is 5.00 Å². The van der Waals surface area contributed by atoms with Crippen LogP contribution >= 0.6 is 11.3 Å². The molecule has 0 saturated heterocycles. The van der Waals surface area contributed by atoms with Crippen LogP contribution < -0.4 is 5.32 Å². The van der Waals surface area contributed by atoms with Gasteiger partial charge in [-0.2, -0.15) is 0 Å².